The maximum atomic E-state index is 12.5. The molecule has 0 aliphatic heterocycles. The van der Waals surface area contributed by atoms with E-state index in [9.17, 15) is 9.59 Å². The third-order valence-corrected chi connectivity index (χ3v) is 4.53. The highest BCUT2D eigenvalue weighted by Gasteiger charge is 2.14. The average molecular weight is 382 g/mol. The van der Waals surface area contributed by atoms with Crippen LogP contribution in [0.4, 0.5) is 5.69 Å². The van der Waals surface area contributed by atoms with Crippen LogP contribution in [-0.4, -0.2) is 23.3 Å². The number of para-hydroxylation sites is 1. The summed E-state index contributed by atoms with van der Waals surface area (Å²) < 4.78 is 0. The molecule has 27 heavy (non-hydrogen) atoms. The zero-order chi connectivity index (χ0) is 19.4. The lowest BCUT2D eigenvalue weighted by Crippen LogP contribution is -2.33. The number of anilines is 1. The number of amides is 2. The maximum absolute atomic E-state index is 12.5. The van der Waals surface area contributed by atoms with Gasteiger partial charge in [0.2, 0.25) is 5.91 Å². The second-order valence-electron chi connectivity index (χ2n) is 6.20. The summed E-state index contributed by atoms with van der Waals surface area (Å²) in [7, 11) is 0. The molecule has 5 nitrogen and oxygen atoms in total. The summed E-state index contributed by atoms with van der Waals surface area (Å²) in [5.74, 6) is -0.625. The number of carbonyl (C=O) groups is 2. The highest BCUT2D eigenvalue weighted by atomic mass is 35.5. The standard InChI is InChI=1S/C21H20ClN3O2/c1-3-14-6-4-5-7-18(14)25-20(26)12-23-21(27)17-11-15-10-16(22)8-9-19(15)24-13(17)2/h4-11H,3,12H2,1-2H3,(H,23,27)(H,25,26). The van der Waals surface area contributed by atoms with Gasteiger partial charge in [-0.3, -0.25) is 14.6 Å². The normalized spacial score (nSPS) is 10.6. The van der Waals surface area contributed by atoms with Gasteiger partial charge in [-0.05, 0) is 49.2 Å². The van der Waals surface area contributed by atoms with Crippen LogP contribution in [0.15, 0.2) is 48.5 Å². The van der Waals surface area contributed by atoms with Crippen molar-refractivity contribution in [1.29, 1.82) is 0 Å². The number of hydrogen-bond donors (Lipinski definition) is 2. The molecule has 6 heteroatoms. The van der Waals surface area contributed by atoms with Gasteiger partial charge in [0.15, 0.2) is 0 Å². The number of nitrogens with zero attached hydrogens (tertiary/aromatic N) is 1. The van der Waals surface area contributed by atoms with E-state index in [1.54, 1.807) is 25.1 Å². The fourth-order valence-electron chi connectivity index (χ4n) is 2.87. The van der Waals surface area contributed by atoms with Crippen LogP contribution < -0.4 is 10.6 Å². The number of rotatable bonds is 5. The molecule has 0 aliphatic rings. The molecule has 138 valence electrons. The van der Waals surface area contributed by atoms with E-state index in [0.29, 0.717) is 16.3 Å². The van der Waals surface area contributed by atoms with Crippen LogP contribution in [0.25, 0.3) is 10.9 Å². The van der Waals surface area contributed by atoms with Crippen LogP contribution in [0.2, 0.25) is 5.02 Å². The van der Waals surface area contributed by atoms with Crippen molar-refractivity contribution in [1.82, 2.24) is 10.3 Å². The Balaban J connectivity index is 1.69. The van der Waals surface area contributed by atoms with Crippen molar-refractivity contribution in [3.05, 3.63) is 70.4 Å². The Morgan fingerprint density at radius 1 is 1.11 bits per heavy atom. The van der Waals surface area contributed by atoms with Crippen molar-refractivity contribution in [2.75, 3.05) is 11.9 Å². The van der Waals surface area contributed by atoms with Crippen molar-refractivity contribution >= 4 is 40.0 Å². The van der Waals surface area contributed by atoms with Gasteiger partial charge in [0.1, 0.15) is 0 Å². The summed E-state index contributed by atoms with van der Waals surface area (Å²) in [6, 6.07) is 14.7. The number of halogens is 1. The van der Waals surface area contributed by atoms with E-state index in [4.69, 9.17) is 11.6 Å². The second-order valence-corrected chi connectivity index (χ2v) is 6.64. The van der Waals surface area contributed by atoms with Crippen molar-refractivity contribution in [3.8, 4) is 0 Å². The summed E-state index contributed by atoms with van der Waals surface area (Å²) in [5.41, 5.74) is 3.59. The van der Waals surface area contributed by atoms with Gasteiger partial charge in [0, 0.05) is 16.1 Å². The SMILES string of the molecule is CCc1ccccc1NC(=O)CNC(=O)c1cc2cc(Cl)ccc2nc1C. The predicted molar refractivity (Wildman–Crippen MR) is 108 cm³/mol. The summed E-state index contributed by atoms with van der Waals surface area (Å²) in [5, 5.41) is 6.84. The molecule has 0 fully saturated rings. The molecule has 1 aromatic heterocycles. The van der Waals surface area contributed by atoms with Gasteiger partial charge in [-0.1, -0.05) is 36.7 Å². The van der Waals surface area contributed by atoms with E-state index in [-0.39, 0.29) is 18.4 Å². The number of fused-ring (bicyclic) bond motifs is 1. The lowest BCUT2D eigenvalue weighted by molar-refractivity contribution is -0.115. The van der Waals surface area contributed by atoms with E-state index in [1.807, 2.05) is 37.3 Å². The molecule has 0 aliphatic carbocycles. The average Bonchev–Trinajstić information content (AvgIpc) is 2.66. The monoisotopic (exact) mass is 381 g/mol. The van der Waals surface area contributed by atoms with E-state index in [0.717, 1.165) is 28.6 Å². The van der Waals surface area contributed by atoms with E-state index in [1.165, 1.54) is 0 Å². The number of aromatic nitrogens is 1. The summed E-state index contributed by atoms with van der Waals surface area (Å²) in [6.07, 6.45) is 0.813. The molecule has 1 heterocycles. The summed E-state index contributed by atoms with van der Waals surface area (Å²) in [4.78, 5) is 29.1. The van der Waals surface area contributed by atoms with Crippen LogP contribution in [0.3, 0.4) is 0 Å². The topological polar surface area (TPSA) is 71.1 Å². The van der Waals surface area contributed by atoms with Crippen LogP contribution in [0.1, 0.15) is 28.5 Å². The molecule has 2 N–H and O–H groups in total. The minimum absolute atomic E-state index is 0.121. The van der Waals surface area contributed by atoms with Gasteiger partial charge in [-0.2, -0.15) is 0 Å². The molecule has 0 spiro atoms. The van der Waals surface area contributed by atoms with Gasteiger partial charge in [0.05, 0.1) is 23.3 Å². The molecule has 0 unspecified atom stereocenters. The molecule has 0 saturated heterocycles. The van der Waals surface area contributed by atoms with Gasteiger partial charge in [0.25, 0.3) is 5.91 Å². The van der Waals surface area contributed by atoms with Crippen molar-refractivity contribution in [3.63, 3.8) is 0 Å². The van der Waals surface area contributed by atoms with Gasteiger partial charge < -0.3 is 10.6 Å². The van der Waals surface area contributed by atoms with Crippen molar-refractivity contribution in [2.24, 2.45) is 0 Å². The molecular formula is C21H20ClN3O2. The number of pyridine rings is 1. The number of benzene rings is 2. The zero-order valence-electron chi connectivity index (χ0n) is 15.2. The Labute approximate surface area is 162 Å². The lowest BCUT2D eigenvalue weighted by Gasteiger charge is -2.11. The number of aryl methyl sites for hydroxylation is 2. The number of carbonyl (C=O) groups excluding carboxylic acids is 2. The van der Waals surface area contributed by atoms with E-state index < -0.39 is 0 Å². The minimum atomic E-state index is -0.346. The molecule has 3 aromatic rings. The Kier molecular flexibility index (Phi) is 5.72. The third-order valence-electron chi connectivity index (χ3n) is 4.29. The maximum Gasteiger partial charge on any atom is 0.253 e. The van der Waals surface area contributed by atoms with Crippen molar-refractivity contribution in [2.45, 2.75) is 20.3 Å². The molecular weight excluding hydrogens is 362 g/mol. The van der Waals surface area contributed by atoms with Gasteiger partial charge >= 0.3 is 0 Å². The highest BCUT2D eigenvalue weighted by Crippen LogP contribution is 2.20. The van der Waals surface area contributed by atoms with Crippen LogP contribution in [0, 0.1) is 6.92 Å². The fraction of sp³-hybridized carbons (Fsp3) is 0.190. The Morgan fingerprint density at radius 2 is 1.89 bits per heavy atom. The molecule has 0 atom stereocenters. The zero-order valence-corrected chi connectivity index (χ0v) is 15.9. The summed E-state index contributed by atoms with van der Waals surface area (Å²) in [6.45, 7) is 3.67. The first-order chi connectivity index (χ1) is 13.0. The first kappa shape index (κ1) is 18.9. The van der Waals surface area contributed by atoms with E-state index >= 15 is 0 Å². The first-order valence-corrected chi connectivity index (χ1v) is 9.08. The molecule has 0 radical (unpaired) electrons. The van der Waals surface area contributed by atoms with Crippen LogP contribution in [-0.2, 0) is 11.2 Å². The van der Waals surface area contributed by atoms with Gasteiger partial charge in [-0.25, -0.2) is 0 Å². The molecule has 2 amide bonds. The van der Waals surface area contributed by atoms with E-state index in [2.05, 4.69) is 15.6 Å². The number of hydrogen-bond acceptors (Lipinski definition) is 3. The largest absolute Gasteiger partial charge is 0.343 e. The number of nitrogens with one attached hydrogen (secondary N) is 2. The Hall–Kier alpha value is -2.92. The fourth-order valence-corrected chi connectivity index (χ4v) is 3.05. The smallest absolute Gasteiger partial charge is 0.253 e. The summed E-state index contributed by atoms with van der Waals surface area (Å²) >= 11 is 6.01. The highest BCUT2D eigenvalue weighted by molar-refractivity contribution is 6.31. The quantitative estimate of drug-likeness (QED) is 0.698. The minimum Gasteiger partial charge on any atom is -0.343 e. The molecule has 0 saturated carbocycles. The lowest BCUT2D eigenvalue weighted by atomic mass is 10.1. The third kappa shape index (κ3) is 4.44. The Bertz CT molecular complexity index is 1020. The van der Waals surface area contributed by atoms with Crippen molar-refractivity contribution < 1.29 is 9.59 Å². The first-order valence-electron chi connectivity index (χ1n) is 8.70. The van der Waals surface area contributed by atoms with Gasteiger partial charge in [-0.15, -0.1) is 0 Å². The molecule has 0 bridgehead atoms. The predicted octanol–water partition coefficient (Wildman–Crippen LogP) is 4.13. The second kappa shape index (κ2) is 8.18. The van der Waals surface area contributed by atoms with Crippen LogP contribution >= 0.6 is 11.6 Å². The molecule has 2 aromatic carbocycles. The van der Waals surface area contributed by atoms with Crippen LogP contribution in [0.5, 0.6) is 0 Å². The Morgan fingerprint density at radius 3 is 2.67 bits per heavy atom. The molecule has 3 rings (SSSR count).